The Morgan fingerprint density at radius 2 is 2.25 bits per heavy atom. The third kappa shape index (κ3) is 2.58. The van der Waals surface area contributed by atoms with Crippen molar-refractivity contribution in [3.63, 3.8) is 0 Å². The molecule has 0 amide bonds. The Morgan fingerprint density at radius 1 is 1.58 bits per heavy atom. The van der Waals surface area contributed by atoms with E-state index in [9.17, 15) is 8.76 Å². The number of benzene rings is 1. The van der Waals surface area contributed by atoms with Gasteiger partial charge in [-0.25, -0.2) is 0 Å². The molecule has 3 nitrogen and oxygen atoms in total. The van der Waals surface area contributed by atoms with Crippen molar-refractivity contribution in [2.75, 3.05) is 4.72 Å². The van der Waals surface area contributed by atoms with Crippen LogP contribution in [0, 0.1) is 6.92 Å². The minimum atomic E-state index is -2.26. The highest BCUT2D eigenvalue weighted by molar-refractivity contribution is 9.10. The van der Waals surface area contributed by atoms with Crippen molar-refractivity contribution in [3.05, 3.63) is 28.2 Å². The molecule has 1 rings (SSSR count). The zero-order chi connectivity index (χ0) is 9.14. The first-order valence-electron chi connectivity index (χ1n) is 3.21. The fourth-order valence-corrected chi connectivity index (χ4v) is 1.87. The lowest BCUT2D eigenvalue weighted by atomic mass is 10.2. The first-order valence-corrected chi connectivity index (χ1v) is 5.08. The lowest BCUT2D eigenvalue weighted by Gasteiger charge is -2.10. The topological polar surface area (TPSA) is 52.2 Å². The summed E-state index contributed by atoms with van der Waals surface area (Å²) in [6.45, 7) is 1.93. The van der Waals surface area contributed by atoms with Crippen LogP contribution < -0.4 is 4.72 Å². The molecule has 0 spiro atoms. The highest BCUT2D eigenvalue weighted by Crippen LogP contribution is 2.23. The normalized spacial score (nSPS) is 12.6. The minimum absolute atomic E-state index is 0.550. The molecule has 0 fully saturated rings. The molecule has 0 aliphatic carbocycles. The van der Waals surface area contributed by atoms with Crippen molar-refractivity contribution in [3.8, 4) is 0 Å². The molecule has 0 bridgehead atoms. The summed E-state index contributed by atoms with van der Waals surface area (Å²) < 4.78 is 23.6. The molecule has 0 heterocycles. The monoisotopic (exact) mass is 248 g/mol. The number of rotatable bonds is 2. The van der Waals surface area contributed by atoms with Gasteiger partial charge in [0.25, 0.3) is 0 Å². The van der Waals surface area contributed by atoms with E-state index in [1.54, 1.807) is 6.07 Å². The van der Waals surface area contributed by atoms with Crippen molar-refractivity contribution < 1.29 is 8.76 Å². The number of hydrogen-bond donors (Lipinski definition) is 1. The van der Waals surface area contributed by atoms with Gasteiger partial charge in [0, 0.05) is 15.7 Å². The number of halogens is 1. The van der Waals surface area contributed by atoms with Gasteiger partial charge in [0.2, 0.25) is 0 Å². The molecule has 1 aromatic carbocycles. The summed E-state index contributed by atoms with van der Waals surface area (Å²) in [5, 5.41) is 0. The lowest BCUT2D eigenvalue weighted by molar-refractivity contribution is 0.542. The van der Waals surface area contributed by atoms with E-state index in [4.69, 9.17) is 0 Å². The molecule has 5 heteroatoms. The minimum Gasteiger partial charge on any atom is -0.755 e. The van der Waals surface area contributed by atoms with Crippen molar-refractivity contribution in [2.45, 2.75) is 6.92 Å². The van der Waals surface area contributed by atoms with Crippen LogP contribution in [-0.4, -0.2) is 8.76 Å². The summed E-state index contributed by atoms with van der Waals surface area (Å²) in [6, 6.07) is 5.38. The highest BCUT2D eigenvalue weighted by atomic mass is 79.9. The van der Waals surface area contributed by atoms with E-state index in [1.165, 1.54) is 0 Å². The Morgan fingerprint density at radius 3 is 2.75 bits per heavy atom. The lowest BCUT2D eigenvalue weighted by Crippen LogP contribution is -2.02. The summed E-state index contributed by atoms with van der Waals surface area (Å²) in [6.07, 6.45) is 0. The van der Waals surface area contributed by atoms with Crippen molar-refractivity contribution in [1.29, 1.82) is 0 Å². The van der Waals surface area contributed by atoms with Crippen molar-refractivity contribution in [2.24, 2.45) is 0 Å². The van der Waals surface area contributed by atoms with Crippen LogP contribution in [0.3, 0.4) is 0 Å². The van der Waals surface area contributed by atoms with Gasteiger partial charge in [-0.1, -0.05) is 6.07 Å². The summed E-state index contributed by atoms with van der Waals surface area (Å²) in [4.78, 5) is 0. The molecule has 0 saturated heterocycles. The van der Waals surface area contributed by atoms with Crippen LogP contribution in [0.4, 0.5) is 5.69 Å². The van der Waals surface area contributed by atoms with Crippen molar-refractivity contribution >= 4 is 32.9 Å². The van der Waals surface area contributed by atoms with Crippen LogP contribution in [0.25, 0.3) is 0 Å². The van der Waals surface area contributed by atoms with E-state index in [2.05, 4.69) is 20.7 Å². The van der Waals surface area contributed by atoms with Gasteiger partial charge in [-0.3, -0.25) is 4.21 Å². The predicted molar refractivity (Wildman–Crippen MR) is 51.4 cm³/mol. The maximum atomic E-state index is 10.3. The molecule has 0 radical (unpaired) electrons. The van der Waals surface area contributed by atoms with Crippen LogP contribution in [0.1, 0.15) is 5.56 Å². The third-order valence-corrected chi connectivity index (χ3v) is 2.36. The van der Waals surface area contributed by atoms with Gasteiger partial charge in [0.05, 0.1) is 5.69 Å². The highest BCUT2D eigenvalue weighted by Gasteiger charge is 1.97. The summed E-state index contributed by atoms with van der Waals surface area (Å²) >= 11 is 0.976. The molecular formula is C7H7BrNO2S-. The standard InChI is InChI=1S/C7H8BrNO2S/c1-5-2-3-7(6(8)4-5)9-12(10)11/h2-4,9H,1H3,(H,10,11)/p-1. The third-order valence-electron chi connectivity index (χ3n) is 1.32. The maximum Gasteiger partial charge on any atom is 0.0594 e. The van der Waals surface area contributed by atoms with E-state index in [-0.39, 0.29) is 0 Å². The average molecular weight is 249 g/mol. The van der Waals surface area contributed by atoms with E-state index < -0.39 is 11.3 Å². The van der Waals surface area contributed by atoms with E-state index in [0.717, 1.165) is 10.0 Å². The van der Waals surface area contributed by atoms with Gasteiger partial charge in [-0.05, 0) is 40.5 Å². The van der Waals surface area contributed by atoms with E-state index >= 15 is 0 Å². The second kappa shape index (κ2) is 4.02. The molecule has 1 aromatic rings. The molecule has 12 heavy (non-hydrogen) atoms. The first kappa shape index (κ1) is 9.70. The molecule has 0 aliphatic heterocycles. The second-order valence-corrected chi connectivity index (χ2v) is 3.85. The van der Waals surface area contributed by atoms with E-state index in [0.29, 0.717) is 5.69 Å². The molecule has 66 valence electrons. The first-order chi connectivity index (χ1) is 5.59. The van der Waals surface area contributed by atoms with Crippen LogP contribution >= 0.6 is 15.9 Å². The fourth-order valence-electron chi connectivity index (χ4n) is 0.793. The largest absolute Gasteiger partial charge is 0.755 e. The zero-order valence-electron chi connectivity index (χ0n) is 6.33. The zero-order valence-corrected chi connectivity index (χ0v) is 8.74. The quantitative estimate of drug-likeness (QED) is 0.814. The number of hydrogen-bond acceptors (Lipinski definition) is 2. The van der Waals surface area contributed by atoms with Gasteiger partial charge < -0.3 is 9.27 Å². The summed E-state index contributed by atoms with van der Waals surface area (Å²) in [7, 11) is 0. The molecule has 0 aromatic heterocycles. The van der Waals surface area contributed by atoms with Crippen LogP contribution in [0.15, 0.2) is 22.7 Å². The Bertz CT molecular complexity index is 316. The average Bonchev–Trinajstić information content (AvgIpc) is 1.94. The number of aryl methyl sites for hydroxylation is 1. The molecular weight excluding hydrogens is 242 g/mol. The van der Waals surface area contributed by atoms with E-state index in [1.807, 2.05) is 19.1 Å². The molecule has 1 N–H and O–H groups in total. The van der Waals surface area contributed by atoms with Gasteiger partial charge in [0.1, 0.15) is 0 Å². The van der Waals surface area contributed by atoms with Gasteiger partial charge >= 0.3 is 0 Å². The van der Waals surface area contributed by atoms with Crippen LogP contribution in [0.2, 0.25) is 0 Å². The SMILES string of the molecule is Cc1ccc(NS(=O)[O-])c(Br)c1. The Labute approximate surface area is 81.7 Å². The maximum absolute atomic E-state index is 10.3. The Balaban J connectivity index is 2.93. The molecule has 1 atom stereocenters. The number of nitrogens with one attached hydrogen (secondary N) is 1. The van der Waals surface area contributed by atoms with Crippen LogP contribution in [0.5, 0.6) is 0 Å². The molecule has 1 unspecified atom stereocenters. The summed E-state index contributed by atoms with van der Waals surface area (Å²) in [5.41, 5.74) is 1.62. The molecule has 0 saturated carbocycles. The fraction of sp³-hybridized carbons (Fsp3) is 0.143. The Hall–Kier alpha value is -0.390. The van der Waals surface area contributed by atoms with Gasteiger partial charge in [0.15, 0.2) is 0 Å². The molecule has 0 aliphatic rings. The second-order valence-electron chi connectivity index (χ2n) is 2.32. The summed E-state index contributed by atoms with van der Waals surface area (Å²) in [5.74, 6) is 0. The van der Waals surface area contributed by atoms with Gasteiger partial charge in [-0.15, -0.1) is 0 Å². The smallest absolute Gasteiger partial charge is 0.0594 e. The van der Waals surface area contributed by atoms with Gasteiger partial charge in [-0.2, -0.15) is 0 Å². The Kier molecular flexibility index (Phi) is 3.25. The predicted octanol–water partition coefficient (Wildman–Crippen LogP) is 1.96. The van der Waals surface area contributed by atoms with Crippen LogP contribution in [-0.2, 0) is 11.3 Å². The van der Waals surface area contributed by atoms with Crippen molar-refractivity contribution in [1.82, 2.24) is 0 Å². The number of anilines is 1.